The first kappa shape index (κ1) is 20.2. The number of rotatable bonds is 7. The second-order valence-corrected chi connectivity index (χ2v) is 9.39. The highest BCUT2D eigenvalue weighted by Gasteiger charge is 2.24. The lowest BCUT2D eigenvalue weighted by atomic mass is 10.2. The highest BCUT2D eigenvalue weighted by atomic mass is 32.2. The maximum Gasteiger partial charge on any atom is 0.251 e. The number of carbonyl (C=O) groups excluding carboxylic acids is 1. The van der Waals surface area contributed by atoms with Gasteiger partial charge in [0.2, 0.25) is 15.9 Å². The van der Waals surface area contributed by atoms with Crippen LogP contribution in [0.3, 0.4) is 0 Å². The van der Waals surface area contributed by atoms with Crippen molar-refractivity contribution in [3.8, 4) is 10.8 Å². The molecule has 148 valence electrons. The Hall–Kier alpha value is -2.49. The van der Waals surface area contributed by atoms with Gasteiger partial charge in [-0.1, -0.05) is 12.1 Å². The molecule has 1 aromatic carbocycles. The van der Waals surface area contributed by atoms with Gasteiger partial charge in [0.05, 0.1) is 22.0 Å². The van der Waals surface area contributed by atoms with Gasteiger partial charge < -0.3 is 9.73 Å². The normalized spacial score (nSPS) is 11.9. The number of hydrogen-bond donors (Lipinski definition) is 1. The molecule has 0 aliphatic carbocycles. The summed E-state index contributed by atoms with van der Waals surface area (Å²) in [4.78, 5) is 17.8. The van der Waals surface area contributed by atoms with Crippen LogP contribution < -0.4 is 5.32 Å². The Morgan fingerprint density at radius 3 is 2.75 bits per heavy atom. The van der Waals surface area contributed by atoms with Crippen molar-refractivity contribution in [2.24, 2.45) is 0 Å². The van der Waals surface area contributed by atoms with Crippen LogP contribution in [0.1, 0.15) is 29.9 Å². The van der Waals surface area contributed by atoms with Crippen LogP contribution in [0.4, 0.5) is 0 Å². The molecule has 9 heteroatoms. The number of hydrogen-bond acceptors (Lipinski definition) is 6. The molecule has 2 aromatic heterocycles. The summed E-state index contributed by atoms with van der Waals surface area (Å²) in [6, 6.07) is 9.61. The van der Waals surface area contributed by atoms with E-state index in [0.717, 1.165) is 4.88 Å². The molecule has 1 amide bonds. The maximum atomic E-state index is 12.6. The number of nitrogens with zero attached hydrogens (tertiary/aromatic N) is 2. The quantitative estimate of drug-likeness (QED) is 0.634. The molecule has 28 heavy (non-hydrogen) atoms. The van der Waals surface area contributed by atoms with Crippen LogP contribution in [0.15, 0.2) is 57.4 Å². The summed E-state index contributed by atoms with van der Waals surface area (Å²) < 4.78 is 31.9. The van der Waals surface area contributed by atoms with Crippen LogP contribution >= 0.6 is 11.3 Å². The SMILES string of the molecule is CC(C)N(C)S(=O)(=O)c1cccc(C(=O)NCc2coc(-c3cccs3)n2)c1. The highest BCUT2D eigenvalue weighted by Crippen LogP contribution is 2.23. The maximum absolute atomic E-state index is 12.6. The Morgan fingerprint density at radius 2 is 2.07 bits per heavy atom. The summed E-state index contributed by atoms with van der Waals surface area (Å²) >= 11 is 1.51. The molecule has 3 rings (SSSR count). The Bertz CT molecular complexity index is 1060. The third-order valence-electron chi connectivity index (χ3n) is 4.21. The van der Waals surface area contributed by atoms with Gasteiger partial charge in [0.25, 0.3) is 5.91 Å². The predicted octanol–water partition coefficient (Wildman–Crippen LogP) is 3.36. The van der Waals surface area contributed by atoms with Crippen LogP contribution in [0.2, 0.25) is 0 Å². The van der Waals surface area contributed by atoms with Crippen LogP contribution in [-0.4, -0.2) is 36.7 Å². The minimum Gasteiger partial charge on any atom is -0.443 e. The number of thiophene rings is 1. The molecule has 1 N–H and O–H groups in total. The van der Waals surface area contributed by atoms with Crippen molar-refractivity contribution in [1.82, 2.24) is 14.6 Å². The van der Waals surface area contributed by atoms with Crippen molar-refractivity contribution in [2.45, 2.75) is 31.3 Å². The number of oxazole rings is 1. The number of nitrogens with one attached hydrogen (secondary N) is 1. The summed E-state index contributed by atoms with van der Waals surface area (Å²) in [5.41, 5.74) is 0.847. The first-order chi connectivity index (χ1) is 13.3. The zero-order chi connectivity index (χ0) is 20.3. The first-order valence-electron chi connectivity index (χ1n) is 8.63. The van der Waals surface area contributed by atoms with Gasteiger partial charge >= 0.3 is 0 Å². The van der Waals surface area contributed by atoms with Crippen LogP contribution in [0.5, 0.6) is 0 Å². The molecule has 0 radical (unpaired) electrons. The van der Waals surface area contributed by atoms with Crippen LogP contribution in [-0.2, 0) is 16.6 Å². The van der Waals surface area contributed by atoms with Crippen molar-refractivity contribution in [2.75, 3.05) is 7.05 Å². The minimum absolute atomic E-state index is 0.0813. The highest BCUT2D eigenvalue weighted by molar-refractivity contribution is 7.89. The number of sulfonamides is 1. The topological polar surface area (TPSA) is 92.5 Å². The molecule has 0 aliphatic heterocycles. The molecular formula is C19H21N3O4S2. The first-order valence-corrected chi connectivity index (χ1v) is 11.0. The second kappa shape index (κ2) is 8.26. The number of amides is 1. The smallest absolute Gasteiger partial charge is 0.251 e. The van der Waals surface area contributed by atoms with Crippen LogP contribution in [0.25, 0.3) is 10.8 Å². The van der Waals surface area contributed by atoms with Gasteiger partial charge in [0.15, 0.2) is 0 Å². The Labute approximate surface area is 168 Å². The fourth-order valence-electron chi connectivity index (χ4n) is 2.42. The fourth-order valence-corrected chi connectivity index (χ4v) is 4.49. The third kappa shape index (κ3) is 4.32. The van der Waals surface area contributed by atoms with Gasteiger partial charge in [-0.2, -0.15) is 4.31 Å². The minimum atomic E-state index is -3.66. The molecule has 0 saturated heterocycles. The zero-order valence-electron chi connectivity index (χ0n) is 15.7. The van der Waals surface area contributed by atoms with Gasteiger partial charge in [-0.25, -0.2) is 13.4 Å². The van der Waals surface area contributed by atoms with E-state index in [2.05, 4.69) is 10.3 Å². The molecular weight excluding hydrogens is 398 g/mol. The van der Waals surface area contributed by atoms with Crippen molar-refractivity contribution in [3.63, 3.8) is 0 Å². The third-order valence-corrected chi connectivity index (χ3v) is 7.10. The van der Waals surface area contributed by atoms with E-state index in [1.54, 1.807) is 26.0 Å². The molecule has 3 aromatic rings. The predicted molar refractivity (Wildman–Crippen MR) is 108 cm³/mol. The molecule has 2 heterocycles. The number of benzene rings is 1. The molecule has 0 bridgehead atoms. The summed E-state index contributed by atoms with van der Waals surface area (Å²) in [6.07, 6.45) is 1.49. The number of carbonyl (C=O) groups is 1. The van der Waals surface area contributed by atoms with E-state index in [-0.39, 0.29) is 29.0 Å². The van der Waals surface area contributed by atoms with Gasteiger partial charge in [-0.05, 0) is 43.5 Å². The average molecular weight is 420 g/mol. The Kier molecular flexibility index (Phi) is 5.97. The number of aromatic nitrogens is 1. The van der Waals surface area contributed by atoms with E-state index < -0.39 is 10.0 Å². The van der Waals surface area contributed by atoms with E-state index >= 15 is 0 Å². The van der Waals surface area contributed by atoms with E-state index in [0.29, 0.717) is 11.6 Å². The van der Waals surface area contributed by atoms with E-state index in [9.17, 15) is 13.2 Å². The van der Waals surface area contributed by atoms with Crippen molar-refractivity contribution in [3.05, 3.63) is 59.3 Å². The van der Waals surface area contributed by atoms with Gasteiger partial charge in [-0.15, -0.1) is 11.3 Å². The molecule has 7 nitrogen and oxygen atoms in total. The zero-order valence-corrected chi connectivity index (χ0v) is 17.4. The standard InChI is InChI=1S/C19H21N3O4S2/c1-13(2)22(3)28(24,25)16-7-4-6-14(10-16)18(23)20-11-15-12-26-19(21-15)17-8-5-9-27-17/h4-10,12-13H,11H2,1-3H3,(H,20,23). The van der Waals surface area contributed by atoms with Gasteiger partial charge in [0.1, 0.15) is 6.26 Å². The molecule has 0 spiro atoms. The lowest BCUT2D eigenvalue weighted by Crippen LogP contribution is -2.33. The van der Waals surface area contributed by atoms with Gasteiger partial charge in [-0.3, -0.25) is 4.79 Å². The lowest BCUT2D eigenvalue weighted by Gasteiger charge is -2.21. The van der Waals surface area contributed by atoms with E-state index in [4.69, 9.17) is 4.42 Å². The monoisotopic (exact) mass is 419 g/mol. The largest absolute Gasteiger partial charge is 0.443 e. The molecule has 0 saturated carbocycles. The molecule has 0 unspecified atom stereocenters. The molecule has 0 atom stereocenters. The van der Waals surface area contributed by atoms with E-state index in [1.807, 2.05) is 17.5 Å². The van der Waals surface area contributed by atoms with Gasteiger partial charge in [0, 0.05) is 18.7 Å². The summed E-state index contributed by atoms with van der Waals surface area (Å²) in [6.45, 7) is 3.75. The Balaban J connectivity index is 1.70. The van der Waals surface area contributed by atoms with Crippen molar-refractivity contribution < 1.29 is 17.6 Å². The van der Waals surface area contributed by atoms with Crippen LogP contribution in [0, 0.1) is 0 Å². The second-order valence-electron chi connectivity index (χ2n) is 6.45. The summed E-state index contributed by atoms with van der Waals surface area (Å²) in [5.74, 6) is 0.119. The fraction of sp³-hybridized carbons (Fsp3) is 0.263. The van der Waals surface area contributed by atoms with Crippen molar-refractivity contribution in [1.29, 1.82) is 0 Å². The van der Waals surface area contributed by atoms with Crippen molar-refractivity contribution >= 4 is 27.3 Å². The Morgan fingerprint density at radius 1 is 1.29 bits per heavy atom. The average Bonchev–Trinajstić information content (AvgIpc) is 3.37. The summed E-state index contributed by atoms with van der Waals surface area (Å²) in [5, 5.41) is 4.67. The lowest BCUT2D eigenvalue weighted by molar-refractivity contribution is 0.0950. The van der Waals surface area contributed by atoms with E-state index in [1.165, 1.54) is 41.1 Å². The molecule has 0 aliphatic rings. The summed E-state index contributed by atoms with van der Waals surface area (Å²) in [7, 11) is -2.14. The molecule has 0 fully saturated rings.